The zero-order valence-corrected chi connectivity index (χ0v) is 11.2. The van der Waals surface area contributed by atoms with E-state index in [9.17, 15) is 5.11 Å². The number of hydrogen-bond donors (Lipinski definition) is 2. The van der Waals surface area contributed by atoms with Gasteiger partial charge in [-0.2, -0.15) is 0 Å². The lowest BCUT2D eigenvalue weighted by Crippen LogP contribution is -2.35. The molecule has 4 nitrogen and oxygen atoms in total. The molecule has 2 atom stereocenters. The molecule has 0 aromatic heterocycles. The van der Waals surface area contributed by atoms with Gasteiger partial charge in [0.1, 0.15) is 0 Å². The van der Waals surface area contributed by atoms with Crippen molar-refractivity contribution < 1.29 is 14.6 Å². The Morgan fingerprint density at radius 1 is 1.29 bits per heavy atom. The van der Waals surface area contributed by atoms with Crippen LogP contribution >= 0.6 is 0 Å². The summed E-state index contributed by atoms with van der Waals surface area (Å²) in [5.41, 5.74) is 0. The minimum Gasteiger partial charge on any atom is -0.389 e. The largest absolute Gasteiger partial charge is 0.389 e. The van der Waals surface area contributed by atoms with Gasteiger partial charge in [-0.15, -0.1) is 6.58 Å². The van der Waals surface area contributed by atoms with Gasteiger partial charge in [0.25, 0.3) is 0 Å². The van der Waals surface area contributed by atoms with Gasteiger partial charge in [-0.1, -0.05) is 19.4 Å². The maximum absolute atomic E-state index is 9.57. The molecule has 0 aliphatic heterocycles. The molecule has 4 heteroatoms. The molecular formula is C13H27NO3. The third-order valence-electron chi connectivity index (χ3n) is 2.35. The molecule has 0 bridgehead atoms. The predicted molar refractivity (Wildman–Crippen MR) is 70.2 cm³/mol. The van der Waals surface area contributed by atoms with Gasteiger partial charge >= 0.3 is 0 Å². The van der Waals surface area contributed by atoms with Crippen LogP contribution in [0.5, 0.6) is 0 Å². The summed E-state index contributed by atoms with van der Waals surface area (Å²) >= 11 is 0. The summed E-state index contributed by atoms with van der Waals surface area (Å²) < 4.78 is 10.6. The lowest BCUT2D eigenvalue weighted by atomic mass is 10.3. The molecule has 0 rings (SSSR count). The maximum atomic E-state index is 9.57. The molecule has 0 amide bonds. The van der Waals surface area contributed by atoms with Crippen molar-refractivity contribution in [2.45, 2.75) is 38.8 Å². The van der Waals surface area contributed by atoms with Crippen molar-refractivity contribution in [3.05, 3.63) is 12.7 Å². The fraction of sp³-hybridized carbons (Fsp3) is 0.846. The van der Waals surface area contributed by atoms with Crippen LogP contribution in [0.1, 0.15) is 26.7 Å². The summed E-state index contributed by atoms with van der Waals surface area (Å²) in [6.07, 6.45) is 3.56. The third kappa shape index (κ3) is 11.8. The first-order valence-electron chi connectivity index (χ1n) is 6.40. The summed E-state index contributed by atoms with van der Waals surface area (Å²) in [6, 6.07) is 0.210. The van der Waals surface area contributed by atoms with Crippen LogP contribution in [0.15, 0.2) is 12.7 Å². The molecule has 0 saturated heterocycles. The van der Waals surface area contributed by atoms with E-state index in [1.807, 2.05) is 6.92 Å². The SMILES string of the molecule is C=CC(C)NCC(O)COCCOCCCC. The van der Waals surface area contributed by atoms with Crippen LogP contribution in [0.3, 0.4) is 0 Å². The summed E-state index contributed by atoms with van der Waals surface area (Å²) in [6.45, 7) is 10.6. The van der Waals surface area contributed by atoms with Crippen LogP contribution in [-0.2, 0) is 9.47 Å². The lowest BCUT2D eigenvalue weighted by Gasteiger charge is -2.14. The molecule has 0 aliphatic carbocycles. The topological polar surface area (TPSA) is 50.7 Å². The van der Waals surface area contributed by atoms with E-state index in [4.69, 9.17) is 9.47 Å². The molecule has 0 fully saturated rings. The molecule has 0 heterocycles. The molecule has 0 aromatic rings. The zero-order chi connectivity index (χ0) is 12.9. The van der Waals surface area contributed by atoms with Crippen molar-refractivity contribution in [3.63, 3.8) is 0 Å². The van der Waals surface area contributed by atoms with Crippen LogP contribution in [0.4, 0.5) is 0 Å². The average molecular weight is 245 g/mol. The van der Waals surface area contributed by atoms with Crippen LogP contribution in [0.25, 0.3) is 0 Å². The van der Waals surface area contributed by atoms with E-state index in [1.165, 1.54) is 0 Å². The highest BCUT2D eigenvalue weighted by atomic mass is 16.5. The van der Waals surface area contributed by atoms with Crippen molar-refractivity contribution in [1.82, 2.24) is 5.32 Å². The fourth-order valence-corrected chi connectivity index (χ4v) is 1.15. The molecule has 2 unspecified atom stereocenters. The van der Waals surface area contributed by atoms with Crippen LogP contribution in [-0.4, -0.2) is 50.2 Å². The Hall–Kier alpha value is -0.420. The van der Waals surface area contributed by atoms with E-state index in [0.717, 1.165) is 19.4 Å². The Balaban J connectivity index is 3.21. The number of unbranched alkanes of at least 4 members (excludes halogenated alkanes) is 1. The highest BCUT2D eigenvalue weighted by Gasteiger charge is 2.04. The first kappa shape index (κ1) is 16.6. The molecule has 0 aliphatic rings. The van der Waals surface area contributed by atoms with E-state index in [0.29, 0.717) is 26.4 Å². The second-order valence-corrected chi connectivity index (χ2v) is 4.13. The van der Waals surface area contributed by atoms with E-state index in [1.54, 1.807) is 6.08 Å². The van der Waals surface area contributed by atoms with Crippen LogP contribution in [0.2, 0.25) is 0 Å². The smallest absolute Gasteiger partial charge is 0.0897 e. The Bertz CT molecular complexity index is 176. The Kier molecular flexibility index (Phi) is 11.8. The molecule has 0 spiro atoms. The molecule has 17 heavy (non-hydrogen) atoms. The second kappa shape index (κ2) is 12.0. The van der Waals surface area contributed by atoms with Crippen molar-refractivity contribution in [2.24, 2.45) is 0 Å². The van der Waals surface area contributed by atoms with Gasteiger partial charge in [-0.05, 0) is 13.3 Å². The second-order valence-electron chi connectivity index (χ2n) is 4.13. The Labute approximate surface area is 105 Å². The minimum atomic E-state index is -0.479. The Morgan fingerprint density at radius 3 is 2.65 bits per heavy atom. The first-order valence-corrected chi connectivity index (χ1v) is 6.40. The first-order chi connectivity index (χ1) is 8.20. The number of aliphatic hydroxyl groups excluding tert-OH is 1. The van der Waals surface area contributed by atoms with Crippen molar-refractivity contribution in [1.29, 1.82) is 0 Å². The summed E-state index contributed by atoms with van der Waals surface area (Å²) in [7, 11) is 0. The standard InChI is InChI=1S/C13H27NO3/c1-4-6-7-16-8-9-17-11-13(15)10-14-12(3)5-2/h5,12-15H,2,4,6-11H2,1,3H3. The predicted octanol–water partition coefficient (Wildman–Crippen LogP) is 1.34. The highest BCUT2D eigenvalue weighted by molar-refractivity contribution is 4.81. The number of nitrogens with one attached hydrogen (secondary N) is 1. The molecular weight excluding hydrogens is 218 g/mol. The molecule has 0 aromatic carbocycles. The van der Waals surface area contributed by atoms with E-state index >= 15 is 0 Å². The van der Waals surface area contributed by atoms with Gasteiger partial charge < -0.3 is 19.9 Å². The van der Waals surface area contributed by atoms with Gasteiger partial charge in [0.05, 0.1) is 25.9 Å². The van der Waals surface area contributed by atoms with Crippen molar-refractivity contribution in [3.8, 4) is 0 Å². The van der Waals surface area contributed by atoms with E-state index in [2.05, 4.69) is 18.8 Å². The minimum absolute atomic E-state index is 0.210. The van der Waals surface area contributed by atoms with Gasteiger partial charge in [0, 0.05) is 19.2 Å². The summed E-state index contributed by atoms with van der Waals surface area (Å²) in [5.74, 6) is 0. The monoisotopic (exact) mass is 245 g/mol. The van der Waals surface area contributed by atoms with Gasteiger partial charge in [0.2, 0.25) is 0 Å². The van der Waals surface area contributed by atoms with Crippen LogP contribution < -0.4 is 5.32 Å². The van der Waals surface area contributed by atoms with Gasteiger partial charge in [-0.3, -0.25) is 0 Å². The van der Waals surface area contributed by atoms with E-state index in [-0.39, 0.29) is 6.04 Å². The van der Waals surface area contributed by atoms with Gasteiger partial charge in [-0.25, -0.2) is 0 Å². The average Bonchev–Trinajstić information content (AvgIpc) is 2.34. The molecule has 0 saturated carbocycles. The van der Waals surface area contributed by atoms with Crippen molar-refractivity contribution in [2.75, 3.05) is 33.0 Å². The molecule has 0 radical (unpaired) electrons. The maximum Gasteiger partial charge on any atom is 0.0897 e. The van der Waals surface area contributed by atoms with Gasteiger partial charge in [0.15, 0.2) is 0 Å². The summed E-state index contributed by atoms with van der Waals surface area (Å²) in [4.78, 5) is 0. The summed E-state index contributed by atoms with van der Waals surface area (Å²) in [5, 5.41) is 12.7. The zero-order valence-electron chi connectivity index (χ0n) is 11.2. The van der Waals surface area contributed by atoms with E-state index < -0.39 is 6.10 Å². The quantitative estimate of drug-likeness (QED) is 0.402. The number of rotatable bonds is 12. The third-order valence-corrected chi connectivity index (χ3v) is 2.35. The van der Waals surface area contributed by atoms with Crippen LogP contribution in [0, 0.1) is 0 Å². The van der Waals surface area contributed by atoms with Crippen molar-refractivity contribution >= 4 is 0 Å². The fourth-order valence-electron chi connectivity index (χ4n) is 1.15. The molecule has 102 valence electrons. The number of hydrogen-bond acceptors (Lipinski definition) is 4. The number of aliphatic hydroxyl groups is 1. The normalized spacial score (nSPS) is 14.5. The highest BCUT2D eigenvalue weighted by Crippen LogP contribution is 1.90. The Morgan fingerprint density at radius 2 is 2.00 bits per heavy atom. The lowest BCUT2D eigenvalue weighted by molar-refractivity contribution is 0.00365. The number of ether oxygens (including phenoxy) is 2. The molecule has 2 N–H and O–H groups in total.